The summed E-state index contributed by atoms with van der Waals surface area (Å²) < 4.78 is 9.53. The Bertz CT molecular complexity index is 417. The highest BCUT2D eigenvalue weighted by Gasteiger charge is 2.19. The lowest BCUT2D eigenvalue weighted by Gasteiger charge is -2.12. The maximum Gasteiger partial charge on any atom is 0.328 e. The van der Waals surface area contributed by atoms with Crippen LogP contribution in [0.4, 0.5) is 0 Å². The lowest BCUT2D eigenvalue weighted by molar-refractivity contribution is -0.143. The van der Waals surface area contributed by atoms with Gasteiger partial charge in [0, 0.05) is 20.0 Å². The second-order valence-corrected chi connectivity index (χ2v) is 3.65. The average molecular weight is 257 g/mol. The molecule has 8 heteroatoms. The molecule has 0 spiro atoms. The predicted molar refractivity (Wildman–Crippen MR) is 58.8 cm³/mol. The summed E-state index contributed by atoms with van der Waals surface area (Å²) >= 11 is 0. The molecule has 18 heavy (non-hydrogen) atoms. The Kier molecular flexibility index (Phi) is 5.25. The molecule has 1 aromatic rings. The predicted octanol–water partition coefficient (Wildman–Crippen LogP) is -0.474. The molecule has 0 saturated heterocycles. The van der Waals surface area contributed by atoms with Crippen molar-refractivity contribution >= 4 is 11.9 Å². The number of carboxylic acid groups (broad SMARTS) is 1. The lowest BCUT2D eigenvalue weighted by atomic mass is 10.2. The first-order chi connectivity index (χ1) is 8.52. The fourth-order valence-electron chi connectivity index (χ4n) is 1.27. The first-order valence-corrected chi connectivity index (χ1v) is 5.33. The summed E-state index contributed by atoms with van der Waals surface area (Å²) in [4.78, 5) is 26.2. The van der Waals surface area contributed by atoms with Crippen molar-refractivity contribution in [2.24, 2.45) is 0 Å². The van der Waals surface area contributed by atoms with Gasteiger partial charge in [0.15, 0.2) is 11.9 Å². The highest BCUT2D eigenvalue weighted by molar-refractivity contribution is 5.83. The first-order valence-electron chi connectivity index (χ1n) is 5.33. The fraction of sp³-hybridized carbons (Fsp3) is 0.600. The first kappa shape index (κ1) is 14.1. The van der Waals surface area contributed by atoms with E-state index in [0.717, 1.165) is 0 Å². The molecule has 0 aromatic carbocycles. The van der Waals surface area contributed by atoms with Crippen LogP contribution < -0.4 is 5.32 Å². The van der Waals surface area contributed by atoms with Crippen LogP contribution in [-0.2, 0) is 20.7 Å². The fourth-order valence-corrected chi connectivity index (χ4v) is 1.27. The van der Waals surface area contributed by atoms with Gasteiger partial charge in [0.05, 0.1) is 6.61 Å². The van der Waals surface area contributed by atoms with Crippen LogP contribution >= 0.6 is 0 Å². The third kappa shape index (κ3) is 4.50. The topological polar surface area (TPSA) is 115 Å². The highest BCUT2D eigenvalue weighted by Crippen LogP contribution is 2.00. The Hall–Kier alpha value is -1.96. The van der Waals surface area contributed by atoms with Crippen LogP contribution in [0.5, 0.6) is 0 Å². The van der Waals surface area contributed by atoms with E-state index in [-0.39, 0.29) is 19.4 Å². The summed E-state index contributed by atoms with van der Waals surface area (Å²) in [5, 5.41) is 14.7. The molecule has 0 aliphatic heterocycles. The number of aryl methyl sites for hydroxylation is 2. The number of ether oxygens (including phenoxy) is 1. The summed E-state index contributed by atoms with van der Waals surface area (Å²) in [6.45, 7) is 1.59. The zero-order valence-corrected chi connectivity index (χ0v) is 10.2. The molecule has 0 saturated carbocycles. The second kappa shape index (κ2) is 6.70. The van der Waals surface area contributed by atoms with E-state index >= 15 is 0 Å². The third-order valence-corrected chi connectivity index (χ3v) is 2.10. The average Bonchev–Trinajstić information content (AvgIpc) is 2.72. The number of amides is 1. The van der Waals surface area contributed by atoms with Crippen LogP contribution in [-0.4, -0.2) is 46.9 Å². The van der Waals surface area contributed by atoms with Crippen molar-refractivity contribution in [3.05, 3.63) is 11.7 Å². The molecule has 0 aliphatic rings. The van der Waals surface area contributed by atoms with E-state index < -0.39 is 17.9 Å². The van der Waals surface area contributed by atoms with Gasteiger partial charge in [-0.25, -0.2) is 4.79 Å². The number of methoxy groups -OCH3 is 1. The van der Waals surface area contributed by atoms with Crippen LogP contribution in [0.15, 0.2) is 4.52 Å². The largest absolute Gasteiger partial charge is 0.480 e. The van der Waals surface area contributed by atoms with Crippen LogP contribution in [0.1, 0.15) is 18.1 Å². The number of aromatic nitrogens is 2. The zero-order chi connectivity index (χ0) is 13.5. The van der Waals surface area contributed by atoms with Gasteiger partial charge in [-0.3, -0.25) is 4.79 Å². The molecule has 0 aliphatic carbocycles. The van der Waals surface area contributed by atoms with E-state index in [9.17, 15) is 9.59 Å². The minimum Gasteiger partial charge on any atom is -0.480 e. The number of nitrogens with one attached hydrogen (secondary N) is 1. The molecule has 2 N–H and O–H groups in total. The molecule has 1 unspecified atom stereocenters. The van der Waals surface area contributed by atoms with Crippen molar-refractivity contribution < 1.29 is 24.0 Å². The number of aliphatic carboxylic acids is 1. The van der Waals surface area contributed by atoms with Gasteiger partial charge in [-0.1, -0.05) is 5.16 Å². The third-order valence-electron chi connectivity index (χ3n) is 2.10. The Morgan fingerprint density at radius 1 is 1.56 bits per heavy atom. The minimum atomic E-state index is -1.14. The van der Waals surface area contributed by atoms with Gasteiger partial charge in [-0.2, -0.15) is 4.98 Å². The number of nitrogens with zero attached hydrogens (tertiary/aromatic N) is 2. The summed E-state index contributed by atoms with van der Waals surface area (Å²) in [6, 6.07) is -1.05. The molecule has 0 radical (unpaired) electrons. The number of hydrogen-bond acceptors (Lipinski definition) is 6. The van der Waals surface area contributed by atoms with Gasteiger partial charge < -0.3 is 19.7 Å². The van der Waals surface area contributed by atoms with Gasteiger partial charge in [0.2, 0.25) is 11.8 Å². The molecule has 100 valence electrons. The minimum absolute atomic E-state index is 0.0785. The zero-order valence-electron chi connectivity index (χ0n) is 10.2. The number of hydrogen-bond donors (Lipinski definition) is 2. The molecule has 1 aromatic heterocycles. The molecule has 8 nitrogen and oxygen atoms in total. The van der Waals surface area contributed by atoms with Crippen molar-refractivity contribution in [1.29, 1.82) is 0 Å². The molecule has 1 amide bonds. The summed E-state index contributed by atoms with van der Waals surface area (Å²) in [5.41, 5.74) is 0. The standard InChI is InChI=1S/C10H15N3O5/c1-6-11-9(18-13-6)4-3-8(14)12-7(5-17-2)10(15)16/h7H,3-5H2,1-2H3,(H,12,14)(H,15,16). The van der Waals surface area contributed by atoms with E-state index in [1.807, 2.05) is 0 Å². The number of carbonyl (C=O) groups is 2. The van der Waals surface area contributed by atoms with Crippen LogP contribution in [0.3, 0.4) is 0 Å². The molecule has 1 atom stereocenters. The van der Waals surface area contributed by atoms with Gasteiger partial charge in [0.25, 0.3) is 0 Å². The van der Waals surface area contributed by atoms with Crippen molar-refractivity contribution in [1.82, 2.24) is 15.5 Å². The molecule has 1 rings (SSSR count). The van der Waals surface area contributed by atoms with Crippen LogP contribution in [0.2, 0.25) is 0 Å². The molecular formula is C10H15N3O5. The molecule has 1 heterocycles. The maximum absolute atomic E-state index is 11.5. The second-order valence-electron chi connectivity index (χ2n) is 3.65. The summed E-state index contributed by atoms with van der Waals surface area (Å²) in [5.74, 6) is -0.705. The van der Waals surface area contributed by atoms with E-state index in [2.05, 4.69) is 15.5 Å². The van der Waals surface area contributed by atoms with Crippen molar-refractivity contribution in [2.45, 2.75) is 25.8 Å². The van der Waals surface area contributed by atoms with Crippen molar-refractivity contribution in [2.75, 3.05) is 13.7 Å². The maximum atomic E-state index is 11.5. The Morgan fingerprint density at radius 3 is 2.78 bits per heavy atom. The smallest absolute Gasteiger partial charge is 0.328 e. The van der Waals surface area contributed by atoms with Crippen LogP contribution in [0, 0.1) is 6.92 Å². The SMILES string of the molecule is COCC(NC(=O)CCc1nc(C)no1)C(=O)O. The summed E-state index contributed by atoms with van der Waals surface area (Å²) in [6.07, 6.45) is 0.348. The van der Waals surface area contributed by atoms with Gasteiger partial charge in [-0.05, 0) is 6.92 Å². The van der Waals surface area contributed by atoms with Gasteiger partial charge in [0.1, 0.15) is 0 Å². The van der Waals surface area contributed by atoms with Crippen molar-refractivity contribution in [3.63, 3.8) is 0 Å². The number of rotatable bonds is 7. The molecular weight excluding hydrogens is 242 g/mol. The van der Waals surface area contributed by atoms with E-state index in [1.165, 1.54) is 7.11 Å². The monoisotopic (exact) mass is 257 g/mol. The van der Waals surface area contributed by atoms with Crippen LogP contribution in [0.25, 0.3) is 0 Å². The Morgan fingerprint density at radius 2 is 2.28 bits per heavy atom. The Labute approximate surface area is 103 Å². The Balaban J connectivity index is 2.38. The lowest BCUT2D eigenvalue weighted by Crippen LogP contribution is -2.43. The summed E-state index contributed by atoms with van der Waals surface area (Å²) in [7, 11) is 1.36. The highest BCUT2D eigenvalue weighted by atomic mass is 16.5. The van der Waals surface area contributed by atoms with Crippen molar-refractivity contribution in [3.8, 4) is 0 Å². The van der Waals surface area contributed by atoms with E-state index in [1.54, 1.807) is 6.92 Å². The number of carbonyl (C=O) groups excluding carboxylic acids is 1. The van der Waals surface area contributed by atoms with E-state index in [4.69, 9.17) is 14.4 Å². The van der Waals surface area contributed by atoms with Gasteiger partial charge in [-0.15, -0.1) is 0 Å². The normalized spacial score (nSPS) is 12.1. The molecule has 0 bridgehead atoms. The number of carboxylic acids is 1. The molecule has 0 fully saturated rings. The quantitative estimate of drug-likeness (QED) is 0.678. The van der Waals surface area contributed by atoms with Gasteiger partial charge >= 0.3 is 5.97 Å². The van der Waals surface area contributed by atoms with E-state index in [0.29, 0.717) is 11.7 Å².